The molecule has 34 heteroatoms. The van der Waals surface area contributed by atoms with E-state index in [4.69, 9.17) is 55.6 Å². The fourth-order valence-corrected chi connectivity index (χ4v) is 14.6. The van der Waals surface area contributed by atoms with E-state index < -0.39 is 111 Å². The van der Waals surface area contributed by atoms with Gasteiger partial charge in [-0.25, -0.2) is 14.4 Å². The molecule has 6 rings (SSSR count). The predicted molar refractivity (Wildman–Crippen MR) is 312 cm³/mol. The second-order valence-electron chi connectivity index (χ2n) is 19.5. The Morgan fingerprint density at radius 1 is 0.570 bits per heavy atom. The molecule has 86 heavy (non-hydrogen) atoms. The molecule has 3 aromatic heterocycles. The van der Waals surface area contributed by atoms with Crippen molar-refractivity contribution in [3.8, 4) is 0 Å². The average molecular weight is 1320 g/mol. The van der Waals surface area contributed by atoms with Gasteiger partial charge in [0.1, 0.15) is 30.7 Å². The van der Waals surface area contributed by atoms with Gasteiger partial charge in [0.25, 0.3) is 16.7 Å². The van der Waals surface area contributed by atoms with Crippen molar-refractivity contribution in [3.63, 3.8) is 0 Å². The number of aliphatic hydroxyl groups excluding tert-OH is 1. The van der Waals surface area contributed by atoms with Crippen LogP contribution >= 0.6 is 22.8 Å². The summed E-state index contributed by atoms with van der Waals surface area (Å²) >= 11 is 0. The summed E-state index contributed by atoms with van der Waals surface area (Å²) in [5, 5.41) is 19.3. The van der Waals surface area contributed by atoms with E-state index >= 15 is 0 Å². The molecule has 0 spiro atoms. The summed E-state index contributed by atoms with van der Waals surface area (Å²) in [6.45, 7) is 21.9. The predicted octanol–water partition coefficient (Wildman–Crippen LogP) is 1.49. The largest absolute Gasteiger partial charge is 1.00 e. The fraction of sp³-hybridized carbons (Fsp3) is 0.712. The number of ether oxygens (including phenoxy) is 6. The van der Waals surface area contributed by atoms with Gasteiger partial charge in [0.2, 0.25) is 0 Å². The molecule has 3 aliphatic rings. The van der Waals surface area contributed by atoms with Crippen LogP contribution in [-0.4, -0.2) is 156 Å². The van der Waals surface area contributed by atoms with Gasteiger partial charge in [-0.2, -0.15) is 0 Å². The van der Waals surface area contributed by atoms with Crippen LogP contribution in [-0.2, 0) is 74.1 Å². The zero-order valence-corrected chi connectivity index (χ0v) is 57.1. The molecule has 0 amide bonds. The van der Waals surface area contributed by atoms with E-state index in [-0.39, 0.29) is 135 Å². The number of carbonyl (C=O) groups excluding carboxylic acids is 1. The van der Waals surface area contributed by atoms with E-state index in [0.29, 0.717) is 6.29 Å². The van der Waals surface area contributed by atoms with Crippen molar-refractivity contribution in [2.24, 2.45) is 17.8 Å². The van der Waals surface area contributed by atoms with Crippen LogP contribution in [0.1, 0.15) is 109 Å². The maximum absolute atomic E-state index is 12.6. The Kier molecular flexibility index (Phi) is 38.9. The third-order valence-electron chi connectivity index (χ3n) is 12.2. The van der Waals surface area contributed by atoms with Crippen LogP contribution in [0.2, 0.25) is 0 Å². The molecule has 30 nitrogen and oxygen atoms in total. The molecule has 0 bridgehead atoms. The summed E-state index contributed by atoms with van der Waals surface area (Å²) in [5.41, 5.74) is -3.92. The SMILES string of the molecule is C.CC(C)(C)[O-].CCOP(=O)(/C=C/[C@H]1O[C@@H](n2ccc(=O)[nH]c2=O)[C@@H](OC)C1C)OCC.CCOP(=O)(CP(=O)(OCC)OCC)OCC.CO[C@H]1C(C)[C@@H](C=O)O[C@H]1n1ccc(=O)[nH]c1=O.CO[C@H]1C(C)[C@@H](CO)O[C@H]1n1ccc(=O)[nH]c1=O.[K+]. The molecule has 4 N–H and O–H groups in total. The molecule has 3 aliphatic heterocycles. The number of aliphatic hydroxyl groups is 1. The van der Waals surface area contributed by atoms with E-state index in [2.05, 4.69) is 15.0 Å². The Labute approximate surface area is 543 Å². The maximum Gasteiger partial charge on any atom is 1.00 e. The van der Waals surface area contributed by atoms with E-state index in [1.165, 1.54) is 77.6 Å². The van der Waals surface area contributed by atoms with Crippen molar-refractivity contribution in [1.82, 2.24) is 28.7 Å². The van der Waals surface area contributed by atoms with Gasteiger partial charge in [-0.1, -0.05) is 49.0 Å². The zero-order chi connectivity index (χ0) is 63.8. The summed E-state index contributed by atoms with van der Waals surface area (Å²) < 4.78 is 104. The molecule has 3 saturated heterocycles. The Balaban J connectivity index is 0.00000110. The second-order valence-corrected chi connectivity index (χ2v) is 26.0. The molecule has 488 valence electrons. The number of aldehydes is 1. The number of hydrogen-bond acceptors (Lipinski definition) is 24. The first-order valence-corrected chi connectivity index (χ1v) is 32.1. The van der Waals surface area contributed by atoms with Crippen LogP contribution in [0.4, 0.5) is 0 Å². The fourth-order valence-electron chi connectivity index (χ4n) is 8.51. The minimum absolute atomic E-state index is 0. The number of aromatic amines is 3. The van der Waals surface area contributed by atoms with Crippen LogP contribution in [0.15, 0.2) is 77.4 Å². The summed E-state index contributed by atoms with van der Waals surface area (Å²) in [5.74, 6) is 0.673. The zero-order valence-electron chi connectivity index (χ0n) is 51.3. The molecule has 3 aromatic rings. The molecular formula is C52H90KN6O24P3. The first kappa shape index (κ1) is 83.2. The molecule has 6 heterocycles. The van der Waals surface area contributed by atoms with Gasteiger partial charge in [-0.3, -0.25) is 56.7 Å². The molecule has 0 radical (unpaired) electrons. The van der Waals surface area contributed by atoms with Crippen LogP contribution in [0.5, 0.6) is 0 Å². The third kappa shape index (κ3) is 25.8. The molecule has 12 atom stereocenters. The number of rotatable bonds is 24. The maximum atomic E-state index is 12.6. The van der Waals surface area contributed by atoms with Gasteiger partial charge in [-0.05, 0) is 47.6 Å². The van der Waals surface area contributed by atoms with Gasteiger partial charge >= 0.3 is 91.2 Å². The van der Waals surface area contributed by atoms with Gasteiger partial charge in [0.05, 0.1) is 58.5 Å². The molecule has 0 aromatic carbocycles. The molecule has 0 saturated carbocycles. The van der Waals surface area contributed by atoms with Crippen molar-refractivity contribution in [2.75, 3.05) is 73.5 Å². The van der Waals surface area contributed by atoms with Crippen LogP contribution in [0.25, 0.3) is 0 Å². The molecular weight excluding hydrogens is 1220 g/mol. The minimum atomic E-state index is -3.41. The Morgan fingerprint density at radius 2 is 0.872 bits per heavy atom. The Bertz CT molecular complexity index is 2950. The topological polar surface area (TPSA) is 387 Å². The normalized spacial score (nSPS) is 24.5. The number of H-pyrrole nitrogens is 3. The first-order chi connectivity index (χ1) is 39.5. The Morgan fingerprint density at radius 3 is 1.16 bits per heavy atom. The standard InChI is InChI=1S/C16H25N2O7P.C11H16N2O5.C11H14N2O5.C9H22O6P2.C4H9O.CH4.K/c1-5-23-26(21,24-6-2)10-8-12-11(3)14(22-4)15(25-12)18-9-7-13(19)17-16(18)20;2*1-6-7(5-14)18-10(9(6)17-2)13-4-3-8(15)12-11(13)16;1-5-12-16(10,13-6-2)9-17(11,14-7-3)15-8-4;1-4(2,3)5;;/h7-12,14-15H,5-6H2,1-4H3,(H,17,19,20);3-4,6-7,9-10,14H,5H2,1-2H3,(H,12,15,16);3-7,9-10H,1-2H3,(H,12,15,16);5-9H2,1-4H3;1-3H3;1H4;/q;;;;-1;;+1/b10-8+;;;;;;/t11?,12-,14+,15-;2*6?,7-,9+,10-;;;;/m111..../s1. The van der Waals surface area contributed by atoms with Gasteiger partial charge < -0.3 is 70.6 Å². The van der Waals surface area contributed by atoms with E-state index in [9.17, 15) is 57.5 Å². The summed E-state index contributed by atoms with van der Waals surface area (Å²) in [6.07, 6.45) is 1.55. The van der Waals surface area contributed by atoms with Crippen molar-refractivity contribution < 1.29 is 136 Å². The van der Waals surface area contributed by atoms with Gasteiger partial charge in [0, 0.05) is 81.7 Å². The smallest absolute Gasteiger partial charge is 0.850 e. The van der Waals surface area contributed by atoms with Crippen molar-refractivity contribution in [2.45, 2.75) is 151 Å². The number of methoxy groups -OCH3 is 3. The van der Waals surface area contributed by atoms with Crippen molar-refractivity contribution in [1.29, 1.82) is 0 Å². The van der Waals surface area contributed by atoms with Gasteiger partial charge in [0.15, 0.2) is 24.6 Å². The molecule has 3 fully saturated rings. The summed E-state index contributed by atoms with van der Waals surface area (Å²) in [4.78, 5) is 86.1. The van der Waals surface area contributed by atoms with Crippen molar-refractivity contribution >= 4 is 29.1 Å². The van der Waals surface area contributed by atoms with Gasteiger partial charge in [-0.15, -0.1) is 5.60 Å². The average Bonchev–Trinajstić information content (AvgIpc) is 2.47. The van der Waals surface area contributed by atoms with Crippen LogP contribution in [0, 0.1) is 17.8 Å². The van der Waals surface area contributed by atoms with E-state index in [1.54, 1.807) is 68.4 Å². The Hall–Kier alpha value is -2.78. The quantitative estimate of drug-likeness (QED) is 0.0560. The monoisotopic (exact) mass is 1310 g/mol. The minimum Gasteiger partial charge on any atom is -0.850 e. The van der Waals surface area contributed by atoms with Crippen molar-refractivity contribution in [3.05, 3.63) is 111 Å². The number of nitrogens with zero attached hydrogens (tertiary/aromatic N) is 3. The number of carbonyl (C=O) groups is 1. The molecule has 0 aliphatic carbocycles. The second kappa shape index (κ2) is 40.2. The first-order valence-electron chi connectivity index (χ1n) is 27.1. The number of hydrogen-bond donors (Lipinski definition) is 4. The molecule has 3 unspecified atom stereocenters. The van der Waals surface area contributed by atoms with E-state index in [1.807, 2.05) is 20.8 Å². The third-order valence-corrected chi connectivity index (χ3v) is 19.3. The van der Waals surface area contributed by atoms with E-state index in [0.717, 1.165) is 0 Å². The number of nitrogens with one attached hydrogen (secondary N) is 3. The van der Waals surface area contributed by atoms with Crippen LogP contribution in [0.3, 0.4) is 0 Å². The summed E-state index contributed by atoms with van der Waals surface area (Å²) in [6, 6.07) is 3.70. The number of aromatic nitrogens is 6. The summed E-state index contributed by atoms with van der Waals surface area (Å²) in [7, 11) is -5.65. The van der Waals surface area contributed by atoms with Crippen LogP contribution < -0.4 is 90.2 Å².